The van der Waals surface area contributed by atoms with Crippen molar-refractivity contribution in [2.75, 3.05) is 20.3 Å². The van der Waals surface area contributed by atoms with Crippen LogP contribution in [0.15, 0.2) is 16.7 Å². The van der Waals surface area contributed by atoms with Gasteiger partial charge in [-0.2, -0.15) is 0 Å². The molecule has 1 aliphatic heterocycles. The minimum Gasteiger partial charge on any atom is -0.381 e. The van der Waals surface area contributed by atoms with Crippen LogP contribution in [0.25, 0.3) is 0 Å². The molecule has 1 aliphatic rings. The lowest BCUT2D eigenvalue weighted by atomic mass is 9.81. The van der Waals surface area contributed by atoms with Crippen molar-refractivity contribution in [1.82, 2.24) is 4.98 Å². The summed E-state index contributed by atoms with van der Waals surface area (Å²) < 4.78 is 23.4. The van der Waals surface area contributed by atoms with E-state index < -0.39 is 15.7 Å². The van der Waals surface area contributed by atoms with Crippen LogP contribution in [0.2, 0.25) is 0 Å². The van der Waals surface area contributed by atoms with Gasteiger partial charge in [-0.15, -0.1) is 0 Å². The maximum atomic E-state index is 12.0. The number of rotatable bonds is 8. The van der Waals surface area contributed by atoms with Crippen LogP contribution in [0.4, 0.5) is 0 Å². The monoisotopic (exact) mass is 432 g/mol. The van der Waals surface area contributed by atoms with Crippen molar-refractivity contribution >= 4 is 26.9 Å². The van der Waals surface area contributed by atoms with Crippen LogP contribution in [-0.2, 0) is 27.1 Å². The molecule has 2 N–H and O–H groups in total. The number of hydrogen-bond donors (Lipinski definition) is 1. The number of pyridine rings is 1. The molecule has 1 fully saturated rings. The summed E-state index contributed by atoms with van der Waals surface area (Å²) in [6.07, 6.45) is 5.71. The lowest BCUT2D eigenvalue weighted by molar-refractivity contribution is 0.0608. The van der Waals surface area contributed by atoms with Gasteiger partial charge in [0.2, 0.25) is 0 Å². The number of nitrogens with zero attached hydrogens (tertiary/aromatic N) is 1. The lowest BCUT2D eigenvalue weighted by Gasteiger charge is -2.32. The highest BCUT2D eigenvalue weighted by molar-refractivity contribution is 9.10. The van der Waals surface area contributed by atoms with Gasteiger partial charge in [-0.3, -0.25) is 10.1 Å². The topological polar surface area (TPSA) is 74.4 Å². The summed E-state index contributed by atoms with van der Waals surface area (Å²) in [4.78, 5) is 4.71. The highest BCUT2D eigenvalue weighted by Crippen LogP contribution is 2.37. The van der Waals surface area contributed by atoms with E-state index in [9.17, 15) is 4.21 Å². The van der Waals surface area contributed by atoms with Crippen molar-refractivity contribution < 1.29 is 13.7 Å². The van der Waals surface area contributed by atoms with Crippen molar-refractivity contribution in [2.45, 2.75) is 56.8 Å². The molecule has 0 radical (unpaired) electrons. The van der Waals surface area contributed by atoms with E-state index in [-0.39, 0.29) is 5.92 Å². The number of nitrogens with two attached hydrogens (primary N) is 1. The standard InChI is InChI=1S/C18H29BrN2O3S/c1-18(2,25(20)22)10-14(8-13-4-6-24-7-5-13)17-15(12-23-3)9-16(19)11-21-17/h9,11,13-14H,4-8,10,12,20H2,1-3H3/t14-,25?/m1/s1. The molecular weight excluding hydrogens is 404 g/mol. The molecule has 7 heteroatoms. The minimum atomic E-state index is -1.38. The molecular formula is C18H29BrN2O3S. The van der Waals surface area contributed by atoms with Crippen molar-refractivity contribution in [3.63, 3.8) is 0 Å². The third-order valence-corrected chi connectivity index (χ3v) is 6.59. The molecule has 0 aliphatic carbocycles. The van der Waals surface area contributed by atoms with E-state index in [0.29, 0.717) is 12.5 Å². The van der Waals surface area contributed by atoms with Gasteiger partial charge < -0.3 is 9.47 Å². The predicted molar refractivity (Wildman–Crippen MR) is 105 cm³/mol. The van der Waals surface area contributed by atoms with Crippen molar-refractivity contribution in [3.05, 3.63) is 28.0 Å². The zero-order valence-electron chi connectivity index (χ0n) is 15.3. The molecule has 1 aromatic heterocycles. The largest absolute Gasteiger partial charge is 0.381 e. The van der Waals surface area contributed by atoms with Crippen molar-refractivity contribution in [2.24, 2.45) is 11.1 Å². The summed E-state index contributed by atoms with van der Waals surface area (Å²) in [7, 11) is 0.307. The highest BCUT2D eigenvalue weighted by atomic mass is 79.9. The maximum absolute atomic E-state index is 12.0. The Hall–Kier alpha value is -0.340. The molecule has 0 amide bonds. The van der Waals surface area contributed by atoms with Crippen molar-refractivity contribution in [1.29, 1.82) is 0 Å². The summed E-state index contributed by atoms with van der Waals surface area (Å²) in [6.45, 7) is 6.09. The van der Waals surface area contributed by atoms with Crippen LogP contribution in [0.3, 0.4) is 0 Å². The molecule has 5 nitrogen and oxygen atoms in total. The number of methoxy groups -OCH3 is 1. The molecule has 0 saturated carbocycles. The zero-order valence-corrected chi connectivity index (χ0v) is 17.7. The third-order valence-electron chi connectivity index (χ3n) is 4.90. The van der Waals surface area contributed by atoms with Crippen LogP contribution in [0.1, 0.15) is 56.7 Å². The summed E-state index contributed by atoms with van der Waals surface area (Å²) >= 11 is 3.50. The quantitative estimate of drug-likeness (QED) is 0.679. The Morgan fingerprint density at radius 2 is 2.16 bits per heavy atom. The van der Waals surface area contributed by atoms with E-state index in [0.717, 1.165) is 54.6 Å². The molecule has 1 saturated heterocycles. The van der Waals surface area contributed by atoms with Gasteiger partial charge in [0, 0.05) is 48.2 Å². The molecule has 25 heavy (non-hydrogen) atoms. The Morgan fingerprint density at radius 3 is 2.76 bits per heavy atom. The first-order valence-corrected chi connectivity index (χ1v) is 10.7. The van der Waals surface area contributed by atoms with Gasteiger partial charge >= 0.3 is 0 Å². The number of aromatic nitrogens is 1. The molecule has 0 spiro atoms. The molecule has 2 heterocycles. The van der Waals surface area contributed by atoms with Crippen molar-refractivity contribution in [3.8, 4) is 0 Å². The SMILES string of the molecule is COCc1cc(Br)cnc1[C@H](CC1CCOCC1)CC(C)(C)S(N)=O. The smallest absolute Gasteiger partial charge is 0.0945 e. The number of hydrogen-bond acceptors (Lipinski definition) is 4. The van der Waals surface area contributed by atoms with Crippen LogP contribution < -0.4 is 5.14 Å². The summed E-state index contributed by atoms with van der Waals surface area (Å²) in [5.74, 6) is 0.797. The number of halogens is 1. The first-order valence-electron chi connectivity index (χ1n) is 8.70. The predicted octanol–water partition coefficient (Wildman–Crippen LogP) is 3.68. The average Bonchev–Trinajstić information content (AvgIpc) is 2.55. The van der Waals surface area contributed by atoms with E-state index in [2.05, 4.69) is 22.0 Å². The fourth-order valence-electron chi connectivity index (χ4n) is 3.48. The van der Waals surface area contributed by atoms with E-state index in [1.165, 1.54) is 0 Å². The minimum absolute atomic E-state index is 0.198. The third kappa shape index (κ3) is 6.10. The molecule has 142 valence electrons. The van der Waals surface area contributed by atoms with E-state index in [4.69, 9.17) is 19.6 Å². The van der Waals surface area contributed by atoms with Gasteiger partial charge in [-0.25, -0.2) is 4.21 Å². The highest BCUT2D eigenvalue weighted by Gasteiger charge is 2.32. The Morgan fingerprint density at radius 1 is 1.48 bits per heavy atom. The summed E-state index contributed by atoms with van der Waals surface area (Å²) in [5, 5.41) is 5.75. The number of ether oxygens (including phenoxy) is 2. The average molecular weight is 433 g/mol. The summed E-state index contributed by atoms with van der Waals surface area (Å²) in [6, 6.07) is 2.06. The Labute approximate surface area is 161 Å². The molecule has 1 aromatic rings. The fraction of sp³-hybridized carbons (Fsp3) is 0.722. The normalized spacial score (nSPS) is 18.9. The Bertz CT molecular complexity index is 592. The van der Waals surface area contributed by atoms with Gasteiger partial charge in [-0.05, 0) is 67.4 Å². The van der Waals surface area contributed by atoms with E-state index >= 15 is 0 Å². The second-order valence-electron chi connectivity index (χ2n) is 7.38. The first-order chi connectivity index (χ1) is 11.8. The first kappa shape index (κ1) is 21.0. The van der Waals surface area contributed by atoms with Gasteiger partial charge in [0.15, 0.2) is 0 Å². The van der Waals surface area contributed by atoms with Crippen LogP contribution in [-0.4, -0.2) is 34.3 Å². The maximum Gasteiger partial charge on any atom is 0.0945 e. The Balaban J connectivity index is 2.31. The molecule has 0 bridgehead atoms. The second-order valence-corrected chi connectivity index (χ2v) is 10.00. The lowest BCUT2D eigenvalue weighted by Crippen LogP contribution is -2.34. The van der Waals surface area contributed by atoms with Crippen LogP contribution in [0, 0.1) is 5.92 Å². The van der Waals surface area contributed by atoms with E-state index in [1.807, 2.05) is 20.0 Å². The van der Waals surface area contributed by atoms with Gasteiger partial charge in [-0.1, -0.05) is 0 Å². The second kappa shape index (κ2) is 9.55. The molecule has 2 atom stereocenters. The summed E-state index contributed by atoms with van der Waals surface area (Å²) in [5.41, 5.74) is 2.11. The van der Waals surface area contributed by atoms with Gasteiger partial charge in [0.1, 0.15) is 0 Å². The molecule has 1 unspecified atom stereocenters. The Kier molecular flexibility index (Phi) is 8.01. The van der Waals surface area contributed by atoms with E-state index in [1.54, 1.807) is 7.11 Å². The fourth-order valence-corrected chi connectivity index (χ4v) is 4.23. The molecule has 0 aromatic carbocycles. The van der Waals surface area contributed by atoms with Gasteiger partial charge in [0.05, 0.1) is 22.3 Å². The van der Waals surface area contributed by atoms with Gasteiger partial charge in [0.25, 0.3) is 0 Å². The molecule has 2 rings (SSSR count). The van der Waals surface area contributed by atoms with Crippen LogP contribution in [0.5, 0.6) is 0 Å². The van der Waals surface area contributed by atoms with Crippen LogP contribution >= 0.6 is 15.9 Å². The zero-order chi connectivity index (χ0) is 18.4.